The van der Waals surface area contributed by atoms with E-state index < -0.39 is 0 Å². The second-order valence-corrected chi connectivity index (χ2v) is 7.27. The zero-order chi connectivity index (χ0) is 16.3. The lowest BCUT2D eigenvalue weighted by atomic mass is 9.98. The number of allylic oxidation sites excluding steroid dienone is 4. The van der Waals surface area contributed by atoms with Crippen molar-refractivity contribution in [2.24, 2.45) is 5.10 Å². The Morgan fingerprint density at radius 3 is 2.18 bits per heavy atom. The van der Waals surface area contributed by atoms with Crippen molar-refractivity contribution >= 4 is 5.71 Å². The first-order chi connectivity index (χ1) is 10.3. The first kappa shape index (κ1) is 16.5. The molecule has 0 aliphatic heterocycles. The number of hydrogen-bond donors (Lipinski definition) is 1. The van der Waals surface area contributed by atoms with Crippen LogP contribution in [0.1, 0.15) is 59.9 Å². The van der Waals surface area contributed by atoms with E-state index in [9.17, 15) is 0 Å². The molecule has 0 aromatic heterocycles. The van der Waals surface area contributed by atoms with Gasteiger partial charge in [0.1, 0.15) is 0 Å². The van der Waals surface area contributed by atoms with Gasteiger partial charge in [-0.15, -0.1) is 0 Å². The van der Waals surface area contributed by atoms with Crippen molar-refractivity contribution in [3.05, 3.63) is 58.2 Å². The Kier molecular flexibility index (Phi) is 4.90. The second-order valence-electron chi connectivity index (χ2n) is 7.27. The molecular weight excluding hydrogens is 268 g/mol. The van der Waals surface area contributed by atoms with Crippen LogP contribution in [0.5, 0.6) is 0 Å². The molecule has 2 heteroatoms. The molecule has 2 rings (SSSR count). The standard InChI is InChI=1S/C20H28N2/c1-14-12-18(16(3)15(14)2)13-19(21-22-20(4,5)6)17-10-8-7-9-11-17/h7-11,22H,12-13H2,1-6H3. The highest BCUT2D eigenvalue weighted by Crippen LogP contribution is 2.34. The number of rotatable bonds is 4. The van der Waals surface area contributed by atoms with E-state index in [0.717, 1.165) is 18.6 Å². The molecular formula is C20H28N2. The van der Waals surface area contributed by atoms with Gasteiger partial charge in [-0.25, -0.2) is 0 Å². The second kappa shape index (κ2) is 6.51. The molecule has 22 heavy (non-hydrogen) atoms. The summed E-state index contributed by atoms with van der Waals surface area (Å²) in [5.74, 6) is 0. The Morgan fingerprint density at radius 1 is 1.05 bits per heavy atom. The third-order valence-electron chi connectivity index (χ3n) is 4.23. The zero-order valence-corrected chi connectivity index (χ0v) is 14.7. The smallest absolute Gasteiger partial charge is 0.0716 e. The summed E-state index contributed by atoms with van der Waals surface area (Å²) < 4.78 is 0. The van der Waals surface area contributed by atoms with Crippen LogP contribution in [0.2, 0.25) is 0 Å². The summed E-state index contributed by atoms with van der Waals surface area (Å²) in [5, 5.41) is 4.73. The molecule has 0 heterocycles. The summed E-state index contributed by atoms with van der Waals surface area (Å²) in [7, 11) is 0. The zero-order valence-electron chi connectivity index (χ0n) is 14.7. The van der Waals surface area contributed by atoms with Crippen molar-refractivity contribution in [3.63, 3.8) is 0 Å². The topological polar surface area (TPSA) is 24.4 Å². The van der Waals surface area contributed by atoms with Gasteiger partial charge < -0.3 is 5.43 Å². The van der Waals surface area contributed by atoms with Crippen LogP contribution in [0.4, 0.5) is 0 Å². The minimum Gasteiger partial charge on any atom is -0.305 e. The highest BCUT2D eigenvalue weighted by atomic mass is 15.3. The Hall–Kier alpha value is -1.83. The van der Waals surface area contributed by atoms with Crippen molar-refractivity contribution < 1.29 is 0 Å². The van der Waals surface area contributed by atoms with E-state index in [-0.39, 0.29) is 5.54 Å². The monoisotopic (exact) mass is 296 g/mol. The van der Waals surface area contributed by atoms with E-state index in [1.165, 1.54) is 27.9 Å². The number of benzene rings is 1. The molecule has 1 aromatic carbocycles. The van der Waals surface area contributed by atoms with Crippen molar-refractivity contribution in [1.82, 2.24) is 5.43 Å². The molecule has 118 valence electrons. The molecule has 2 nitrogen and oxygen atoms in total. The van der Waals surface area contributed by atoms with Gasteiger partial charge in [-0.05, 0) is 64.7 Å². The molecule has 1 N–H and O–H groups in total. The third-order valence-corrected chi connectivity index (χ3v) is 4.23. The highest BCUT2D eigenvalue weighted by Gasteiger charge is 2.18. The van der Waals surface area contributed by atoms with E-state index in [1.54, 1.807) is 0 Å². The normalized spacial score (nSPS) is 16.5. The van der Waals surface area contributed by atoms with Crippen LogP contribution < -0.4 is 5.43 Å². The van der Waals surface area contributed by atoms with E-state index in [4.69, 9.17) is 5.10 Å². The quantitative estimate of drug-likeness (QED) is 0.597. The maximum atomic E-state index is 4.73. The minimum atomic E-state index is -0.0246. The number of hydrogen-bond acceptors (Lipinski definition) is 2. The van der Waals surface area contributed by atoms with Crippen LogP contribution in [0.3, 0.4) is 0 Å². The summed E-state index contributed by atoms with van der Waals surface area (Å²) in [5.41, 5.74) is 11.4. The molecule has 0 spiro atoms. The lowest BCUT2D eigenvalue weighted by Gasteiger charge is -2.19. The van der Waals surface area contributed by atoms with E-state index in [0.29, 0.717) is 0 Å². The number of nitrogens with one attached hydrogen (secondary N) is 1. The van der Waals surface area contributed by atoms with Crippen molar-refractivity contribution in [2.45, 2.75) is 59.9 Å². The molecule has 0 radical (unpaired) electrons. The number of nitrogens with zero attached hydrogens (tertiary/aromatic N) is 1. The third kappa shape index (κ3) is 4.09. The maximum Gasteiger partial charge on any atom is 0.0716 e. The van der Waals surface area contributed by atoms with Crippen LogP contribution in [-0.2, 0) is 0 Å². The Morgan fingerprint density at radius 2 is 1.68 bits per heavy atom. The Labute approximate surface area is 135 Å². The van der Waals surface area contributed by atoms with Gasteiger partial charge in [0.15, 0.2) is 0 Å². The number of hydrazone groups is 1. The lowest BCUT2D eigenvalue weighted by molar-refractivity contribution is 0.440. The summed E-state index contributed by atoms with van der Waals surface area (Å²) in [4.78, 5) is 0. The summed E-state index contributed by atoms with van der Waals surface area (Å²) in [6.07, 6.45) is 1.99. The fourth-order valence-corrected chi connectivity index (χ4v) is 2.64. The largest absolute Gasteiger partial charge is 0.305 e. The Balaban J connectivity index is 2.28. The van der Waals surface area contributed by atoms with Gasteiger partial charge in [-0.1, -0.05) is 41.5 Å². The first-order valence-corrected chi connectivity index (χ1v) is 8.02. The predicted octanol–water partition coefficient (Wildman–Crippen LogP) is 5.23. The van der Waals surface area contributed by atoms with Gasteiger partial charge in [0.25, 0.3) is 0 Å². The van der Waals surface area contributed by atoms with Gasteiger partial charge >= 0.3 is 0 Å². The molecule has 0 atom stereocenters. The average molecular weight is 296 g/mol. The lowest BCUT2D eigenvalue weighted by Crippen LogP contribution is -2.32. The SMILES string of the molecule is CC1=C(C)C(C)=C(CC(=NNC(C)(C)C)c2ccccc2)C1. The van der Waals surface area contributed by atoms with Crippen molar-refractivity contribution in [3.8, 4) is 0 Å². The maximum absolute atomic E-state index is 4.73. The molecule has 0 saturated carbocycles. The van der Waals surface area contributed by atoms with Crippen molar-refractivity contribution in [2.75, 3.05) is 0 Å². The molecule has 1 aromatic rings. The minimum absolute atomic E-state index is 0.0246. The van der Waals surface area contributed by atoms with Crippen LogP contribution in [0, 0.1) is 0 Å². The van der Waals surface area contributed by atoms with Crippen molar-refractivity contribution in [1.29, 1.82) is 0 Å². The van der Waals surface area contributed by atoms with Gasteiger partial charge in [0, 0.05) is 12.0 Å². The summed E-state index contributed by atoms with van der Waals surface area (Å²) in [6, 6.07) is 10.5. The Bertz CT molecular complexity index is 625. The molecule has 0 amide bonds. The van der Waals surface area contributed by atoms with Gasteiger partial charge in [-0.3, -0.25) is 0 Å². The van der Waals surface area contributed by atoms with Crippen LogP contribution in [0.15, 0.2) is 57.7 Å². The summed E-state index contributed by atoms with van der Waals surface area (Å²) in [6.45, 7) is 13.1. The molecule has 0 unspecified atom stereocenters. The molecule has 0 saturated heterocycles. The molecule has 0 bridgehead atoms. The molecule has 0 fully saturated rings. The highest BCUT2D eigenvalue weighted by molar-refractivity contribution is 6.02. The predicted molar refractivity (Wildman–Crippen MR) is 96.2 cm³/mol. The van der Waals surface area contributed by atoms with Crippen LogP contribution in [0.25, 0.3) is 0 Å². The first-order valence-electron chi connectivity index (χ1n) is 8.02. The van der Waals surface area contributed by atoms with Gasteiger partial charge in [-0.2, -0.15) is 5.10 Å². The van der Waals surface area contributed by atoms with Gasteiger partial charge in [0.2, 0.25) is 0 Å². The van der Waals surface area contributed by atoms with Crippen LogP contribution in [-0.4, -0.2) is 11.3 Å². The average Bonchev–Trinajstić information content (AvgIpc) is 2.70. The van der Waals surface area contributed by atoms with E-state index in [2.05, 4.69) is 71.2 Å². The van der Waals surface area contributed by atoms with E-state index in [1.807, 2.05) is 6.07 Å². The molecule has 1 aliphatic rings. The molecule has 1 aliphatic carbocycles. The van der Waals surface area contributed by atoms with Gasteiger partial charge in [0.05, 0.1) is 5.71 Å². The summed E-state index contributed by atoms with van der Waals surface area (Å²) >= 11 is 0. The van der Waals surface area contributed by atoms with E-state index >= 15 is 0 Å². The fourth-order valence-electron chi connectivity index (χ4n) is 2.64. The van der Waals surface area contributed by atoms with Crippen LogP contribution >= 0.6 is 0 Å². The fraction of sp³-hybridized carbons (Fsp3) is 0.450.